The molecule has 0 aromatic carbocycles. The van der Waals surface area contributed by atoms with Gasteiger partial charge in [-0.15, -0.1) is 0 Å². The first-order valence-corrected chi connectivity index (χ1v) is 8.81. The van der Waals surface area contributed by atoms with Gasteiger partial charge in [-0.2, -0.15) is 0 Å². The van der Waals surface area contributed by atoms with Crippen LogP contribution < -0.4 is 0 Å². The molecule has 2 rings (SSSR count). The number of nitrogens with zero attached hydrogens (tertiary/aromatic N) is 2. The minimum atomic E-state index is 0.844. The number of hydrogen-bond acceptors (Lipinski definition) is 2. The molecule has 2 fully saturated rings. The summed E-state index contributed by atoms with van der Waals surface area (Å²) in [6, 6.07) is 0.844. The Kier molecular flexibility index (Phi) is 6.66. The summed E-state index contributed by atoms with van der Waals surface area (Å²) in [7, 11) is 0. The Morgan fingerprint density at radius 3 is 2.00 bits per heavy atom. The Labute approximate surface area is 120 Å². The van der Waals surface area contributed by atoms with Gasteiger partial charge in [0.1, 0.15) is 0 Å². The van der Waals surface area contributed by atoms with E-state index < -0.39 is 0 Å². The zero-order chi connectivity index (χ0) is 13.5. The first-order chi connectivity index (χ1) is 9.35. The van der Waals surface area contributed by atoms with Crippen LogP contribution in [-0.2, 0) is 0 Å². The van der Waals surface area contributed by atoms with Gasteiger partial charge < -0.3 is 4.90 Å². The molecule has 2 aliphatic rings. The third kappa shape index (κ3) is 4.46. The third-order valence-corrected chi connectivity index (χ3v) is 5.42. The molecule has 0 bridgehead atoms. The lowest BCUT2D eigenvalue weighted by atomic mass is 9.87. The summed E-state index contributed by atoms with van der Waals surface area (Å²) >= 11 is 0. The third-order valence-electron chi connectivity index (χ3n) is 5.42. The van der Waals surface area contributed by atoms with Gasteiger partial charge in [0.2, 0.25) is 0 Å². The molecule has 0 aromatic heterocycles. The fraction of sp³-hybridized carbons (Fsp3) is 1.00. The molecule has 1 saturated heterocycles. The van der Waals surface area contributed by atoms with Crippen LogP contribution in [0.5, 0.6) is 0 Å². The van der Waals surface area contributed by atoms with Crippen molar-refractivity contribution in [2.75, 3.05) is 32.7 Å². The fourth-order valence-corrected chi connectivity index (χ4v) is 4.08. The van der Waals surface area contributed by atoms with E-state index in [9.17, 15) is 0 Å². The quantitative estimate of drug-likeness (QED) is 0.767. The van der Waals surface area contributed by atoms with Crippen molar-refractivity contribution >= 4 is 0 Å². The number of rotatable bonds is 3. The second-order valence-corrected chi connectivity index (χ2v) is 6.55. The van der Waals surface area contributed by atoms with E-state index in [4.69, 9.17) is 0 Å². The number of hydrogen-bond donors (Lipinski definition) is 0. The molecule has 1 atom stereocenters. The Morgan fingerprint density at radius 1 is 0.789 bits per heavy atom. The Hall–Kier alpha value is -0.0800. The molecular weight excluding hydrogens is 232 g/mol. The lowest BCUT2D eigenvalue weighted by Gasteiger charge is -2.44. The molecule has 2 heteroatoms. The minimum absolute atomic E-state index is 0.844. The van der Waals surface area contributed by atoms with Crippen LogP contribution in [0.3, 0.4) is 0 Å². The van der Waals surface area contributed by atoms with Gasteiger partial charge in [0, 0.05) is 25.7 Å². The van der Waals surface area contributed by atoms with Crippen LogP contribution in [0.2, 0.25) is 0 Å². The molecule has 0 radical (unpaired) electrons. The van der Waals surface area contributed by atoms with E-state index in [2.05, 4.69) is 23.6 Å². The van der Waals surface area contributed by atoms with Crippen molar-refractivity contribution in [1.29, 1.82) is 0 Å². The normalized spacial score (nSPS) is 29.7. The van der Waals surface area contributed by atoms with Crippen LogP contribution >= 0.6 is 0 Å². The molecule has 0 aromatic rings. The highest BCUT2D eigenvalue weighted by Crippen LogP contribution is 2.29. The molecule has 0 N–H and O–H groups in total. The van der Waals surface area contributed by atoms with Gasteiger partial charge in [-0.3, -0.25) is 4.90 Å². The van der Waals surface area contributed by atoms with Crippen LogP contribution in [0.1, 0.15) is 65.2 Å². The smallest absolute Gasteiger partial charge is 0.0251 e. The van der Waals surface area contributed by atoms with E-state index in [-0.39, 0.29) is 0 Å². The first-order valence-electron chi connectivity index (χ1n) is 8.81. The second-order valence-electron chi connectivity index (χ2n) is 6.55. The summed E-state index contributed by atoms with van der Waals surface area (Å²) in [6.45, 7) is 11.1. The van der Waals surface area contributed by atoms with E-state index in [1.54, 1.807) is 0 Å². The van der Waals surface area contributed by atoms with E-state index in [0.717, 1.165) is 12.0 Å². The van der Waals surface area contributed by atoms with Crippen LogP contribution in [0.25, 0.3) is 0 Å². The van der Waals surface area contributed by atoms with Crippen LogP contribution in [-0.4, -0.2) is 48.6 Å². The van der Waals surface area contributed by atoms with Gasteiger partial charge in [-0.05, 0) is 31.8 Å². The van der Waals surface area contributed by atoms with Gasteiger partial charge in [-0.1, -0.05) is 52.4 Å². The van der Waals surface area contributed by atoms with Gasteiger partial charge in [0.05, 0.1) is 0 Å². The molecular formula is C17H34N2. The molecule has 19 heavy (non-hydrogen) atoms. The maximum atomic E-state index is 2.77. The Balaban J connectivity index is 1.96. The van der Waals surface area contributed by atoms with Crippen molar-refractivity contribution in [2.24, 2.45) is 5.92 Å². The zero-order valence-corrected chi connectivity index (χ0v) is 13.2. The van der Waals surface area contributed by atoms with Crippen molar-refractivity contribution in [3.8, 4) is 0 Å². The maximum Gasteiger partial charge on any atom is 0.0251 e. The summed E-state index contributed by atoms with van der Waals surface area (Å²) in [4.78, 5) is 5.44. The average Bonchev–Trinajstić information content (AvgIpc) is 2.60. The topological polar surface area (TPSA) is 6.48 Å². The average molecular weight is 266 g/mol. The van der Waals surface area contributed by atoms with Gasteiger partial charge in [0.25, 0.3) is 0 Å². The fourth-order valence-electron chi connectivity index (χ4n) is 4.08. The van der Waals surface area contributed by atoms with Crippen molar-refractivity contribution in [1.82, 2.24) is 9.80 Å². The molecule has 1 heterocycles. The lowest BCUT2D eigenvalue weighted by Crippen LogP contribution is -2.55. The van der Waals surface area contributed by atoms with Crippen molar-refractivity contribution < 1.29 is 0 Å². The second kappa shape index (κ2) is 8.26. The van der Waals surface area contributed by atoms with Crippen molar-refractivity contribution in [2.45, 2.75) is 71.3 Å². The highest BCUT2D eigenvalue weighted by atomic mass is 15.3. The van der Waals surface area contributed by atoms with E-state index >= 15 is 0 Å². The minimum Gasteiger partial charge on any atom is -0.301 e. The monoisotopic (exact) mass is 266 g/mol. The van der Waals surface area contributed by atoms with Crippen LogP contribution in [0.15, 0.2) is 0 Å². The predicted octanol–water partition coefficient (Wildman–Crippen LogP) is 3.76. The molecule has 2 nitrogen and oxygen atoms in total. The lowest BCUT2D eigenvalue weighted by molar-refractivity contribution is 0.0416. The predicted molar refractivity (Wildman–Crippen MR) is 83.6 cm³/mol. The standard InChI is InChI=1S/C17H34N2/c1-3-18-13-14-19(4-2)17(15-18)16-11-9-7-5-6-8-10-12-16/h16-17H,3-15H2,1-2H3. The Morgan fingerprint density at radius 2 is 1.42 bits per heavy atom. The maximum absolute atomic E-state index is 2.77. The molecule has 0 spiro atoms. The number of likely N-dealkylation sites (N-methyl/N-ethyl adjacent to an activating group) is 2. The van der Waals surface area contributed by atoms with Crippen molar-refractivity contribution in [3.63, 3.8) is 0 Å². The zero-order valence-electron chi connectivity index (χ0n) is 13.2. The summed E-state index contributed by atoms with van der Waals surface area (Å²) in [5, 5.41) is 0. The van der Waals surface area contributed by atoms with Crippen LogP contribution in [0, 0.1) is 5.92 Å². The van der Waals surface area contributed by atoms with Gasteiger partial charge >= 0.3 is 0 Å². The molecule has 1 aliphatic carbocycles. The van der Waals surface area contributed by atoms with Gasteiger partial charge in [0.15, 0.2) is 0 Å². The molecule has 1 unspecified atom stereocenters. The summed E-state index contributed by atoms with van der Waals surface area (Å²) in [5.41, 5.74) is 0. The van der Waals surface area contributed by atoms with E-state index in [1.165, 1.54) is 84.1 Å². The summed E-state index contributed by atoms with van der Waals surface area (Å²) < 4.78 is 0. The largest absolute Gasteiger partial charge is 0.301 e. The summed E-state index contributed by atoms with van der Waals surface area (Å²) in [5.74, 6) is 0.965. The van der Waals surface area contributed by atoms with Crippen LogP contribution in [0.4, 0.5) is 0 Å². The first kappa shape index (κ1) is 15.3. The molecule has 1 saturated carbocycles. The Bertz CT molecular complexity index is 231. The molecule has 0 amide bonds. The summed E-state index contributed by atoms with van der Waals surface area (Å²) in [6.07, 6.45) is 11.8. The highest BCUT2D eigenvalue weighted by Gasteiger charge is 2.31. The van der Waals surface area contributed by atoms with Gasteiger partial charge in [-0.25, -0.2) is 0 Å². The van der Waals surface area contributed by atoms with E-state index in [0.29, 0.717) is 0 Å². The van der Waals surface area contributed by atoms with Crippen molar-refractivity contribution in [3.05, 3.63) is 0 Å². The highest BCUT2D eigenvalue weighted by molar-refractivity contribution is 4.86. The molecule has 1 aliphatic heterocycles. The number of piperazine rings is 1. The molecule has 112 valence electrons. The van der Waals surface area contributed by atoms with E-state index in [1.807, 2.05) is 0 Å². The SMILES string of the molecule is CCN1CCN(CC)C(C2CCCCCCCC2)C1.